The van der Waals surface area contributed by atoms with E-state index in [2.05, 4.69) is 26.1 Å². The predicted molar refractivity (Wildman–Crippen MR) is 46.5 cm³/mol. The van der Waals surface area contributed by atoms with Crippen LogP contribution >= 0.6 is 0 Å². The van der Waals surface area contributed by atoms with E-state index in [1.807, 2.05) is 0 Å². The Morgan fingerprint density at radius 1 is 1.27 bits per heavy atom. The predicted octanol–water partition coefficient (Wildman–Crippen LogP) is 1.90. The van der Waals surface area contributed by atoms with Gasteiger partial charge in [-0.15, -0.1) is 0 Å². The molecule has 0 bridgehead atoms. The average molecular weight is 157 g/mol. The first kappa shape index (κ1) is 9.01. The molecule has 0 spiro atoms. The Morgan fingerprint density at radius 2 is 2.00 bits per heavy atom. The summed E-state index contributed by atoms with van der Waals surface area (Å²) in [6.07, 6.45) is 3.98. The molecule has 66 valence electrons. The monoisotopic (exact) mass is 157 g/mol. The van der Waals surface area contributed by atoms with Crippen molar-refractivity contribution in [3.8, 4) is 0 Å². The van der Waals surface area contributed by atoms with Gasteiger partial charge in [-0.2, -0.15) is 0 Å². The Bertz CT molecular complexity index is 111. The summed E-state index contributed by atoms with van der Waals surface area (Å²) in [5.74, 6) is 0. The van der Waals surface area contributed by atoms with Crippen molar-refractivity contribution in [3.63, 3.8) is 0 Å². The first-order valence-electron chi connectivity index (χ1n) is 4.47. The highest BCUT2D eigenvalue weighted by Crippen LogP contribution is 2.13. The summed E-state index contributed by atoms with van der Waals surface area (Å²) < 4.78 is 5.54. The minimum absolute atomic E-state index is 0.183. The van der Waals surface area contributed by atoms with Crippen molar-refractivity contribution in [1.29, 1.82) is 0 Å². The van der Waals surface area contributed by atoms with Gasteiger partial charge >= 0.3 is 0 Å². The zero-order valence-corrected chi connectivity index (χ0v) is 7.81. The van der Waals surface area contributed by atoms with E-state index in [4.69, 9.17) is 4.74 Å². The fourth-order valence-corrected chi connectivity index (χ4v) is 1.34. The SMILES string of the molecule is CC(C)(C)NC1CCCCO1. The third kappa shape index (κ3) is 3.73. The number of nitrogens with one attached hydrogen (secondary N) is 1. The van der Waals surface area contributed by atoms with E-state index in [1.165, 1.54) is 12.8 Å². The van der Waals surface area contributed by atoms with E-state index in [0.717, 1.165) is 13.0 Å². The highest BCUT2D eigenvalue weighted by Gasteiger charge is 2.19. The molecule has 0 aromatic carbocycles. The zero-order chi connectivity index (χ0) is 8.32. The lowest BCUT2D eigenvalue weighted by Gasteiger charge is -2.31. The second-order valence-corrected chi connectivity index (χ2v) is 4.25. The normalized spacial score (nSPS) is 27.0. The molecule has 0 radical (unpaired) electrons. The molecule has 2 nitrogen and oxygen atoms in total. The van der Waals surface area contributed by atoms with E-state index in [1.54, 1.807) is 0 Å². The van der Waals surface area contributed by atoms with Crippen molar-refractivity contribution in [3.05, 3.63) is 0 Å². The molecule has 11 heavy (non-hydrogen) atoms. The number of hydrogen-bond acceptors (Lipinski definition) is 2. The van der Waals surface area contributed by atoms with Crippen LogP contribution in [0.15, 0.2) is 0 Å². The zero-order valence-electron chi connectivity index (χ0n) is 7.81. The summed E-state index contributed by atoms with van der Waals surface area (Å²) in [5, 5.41) is 3.44. The van der Waals surface area contributed by atoms with Crippen LogP contribution < -0.4 is 5.32 Å². The molecule has 0 amide bonds. The fourth-order valence-electron chi connectivity index (χ4n) is 1.34. The number of hydrogen-bond donors (Lipinski definition) is 1. The van der Waals surface area contributed by atoms with Crippen LogP contribution in [0.4, 0.5) is 0 Å². The average Bonchev–Trinajstić information content (AvgIpc) is 1.85. The summed E-state index contributed by atoms with van der Waals surface area (Å²) in [4.78, 5) is 0. The first-order valence-corrected chi connectivity index (χ1v) is 4.47. The van der Waals surface area contributed by atoms with Crippen LogP contribution in [-0.2, 0) is 4.74 Å². The Morgan fingerprint density at radius 3 is 2.45 bits per heavy atom. The van der Waals surface area contributed by atoms with Gasteiger partial charge in [0.2, 0.25) is 0 Å². The van der Waals surface area contributed by atoms with Crippen LogP contribution in [0.3, 0.4) is 0 Å². The summed E-state index contributed by atoms with van der Waals surface area (Å²) in [7, 11) is 0. The Balaban J connectivity index is 2.24. The smallest absolute Gasteiger partial charge is 0.108 e. The molecule has 0 aromatic heterocycles. The molecule has 0 saturated carbocycles. The molecule has 1 heterocycles. The molecule has 1 atom stereocenters. The van der Waals surface area contributed by atoms with Crippen molar-refractivity contribution < 1.29 is 4.74 Å². The van der Waals surface area contributed by atoms with Gasteiger partial charge in [0, 0.05) is 12.1 Å². The van der Waals surface area contributed by atoms with Gasteiger partial charge in [0.1, 0.15) is 6.23 Å². The lowest BCUT2D eigenvalue weighted by atomic mass is 10.1. The van der Waals surface area contributed by atoms with Crippen molar-refractivity contribution in [2.75, 3.05) is 6.61 Å². The third-order valence-electron chi connectivity index (χ3n) is 1.77. The topological polar surface area (TPSA) is 21.3 Å². The molecule has 1 N–H and O–H groups in total. The van der Waals surface area contributed by atoms with Crippen LogP contribution in [-0.4, -0.2) is 18.4 Å². The molecule has 1 rings (SSSR count). The second-order valence-electron chi connectivity index (χ2n) is 4.25. The van der Waals surface area contributed by atoms with Crippen LogP contribution in [0.25, 0.3) is 0 Å². The molecule has 1 aliphatic heterocycles. The number of rotatable bonds is 1. The molecular formula is C9H19NO. The van der Waals surface area contributed by atoms with E-state index >= 15 is 0 Å². The van der Waals surface area contributed by atoms with Gasteiger partial charge in [0.15, 0.2) is 0 Å². The van der Waals surface area contributed by atoms with Crippen LogP contribution in [0.5, 0.6) is 0 Å². The maximum Gasteiger partial charge on any atom is 0.108 e. The molecular weight excluding hydrogens is 138 g/mol. The summed E-state index contributed by atoms with van der Waals surface area (Å²) in [6, 6.07) is 0. The first-order chi connectivity index (χ1) is 5.08. The highest BCUT2D eigenvalue weighted by molar-refractivity contribution is 4.74. The van der Waals surface area contributed by atoms with Gasteiger partial charge in [-0.25, -0.2) is 0 Å². The van der Waals surface area contributed by atoms with Gasteiger partial charge in [0.05, 0.1) is 0 Å². The van der Waals surface area contributed by atoms with Crippen LogP contribution in [0, 0.1) is 0 Å². The minimum Gasteiger partial charge on any atom is -0.363 e. The van der Waals surface area contributed by atoms with Gasteiger partial charge in [-0.05, 0) is 40.0 Å². The lowest BCUT2D eigenvalue weighted by molar-refractivity contribution is -0.0194. The number of ether oxygens (including phenoxy) is 1. The van der Waals surface area contributed by atoms with E-state index < -0.39 is 0 Å². The minimum atomic E-state index is 0.183. The van der Waals surface area contributed by atoms with Gasteiger partial charge < -0.3 is 4.74 Å². The van der Waals surface area contributed by atoms with Crippen molar-refractivity contribution >= 4 is 0 Å². The van der Waals surface area contributed by atoms with Gasteiger partial charge in [-0.1, -0.05) is 0 Å². The van der Waals surface area contributed by atoms with Crippen molar-refractivity contribution in [2.24, 2.45) is 0 Å². The third-order valence-corrected chi connectivity index (χ3v) is 1.77. The highest BCUT2D eigenvalue weighted by atomic mass is 16.5. The van der Waals surface area contributed by atoms with Crippen LogP contribution in [0.2, 0.25) is 0 Å². The summed E-state index contributed by atoms with van der Waals surface area (Å²) in [5.41, 5.74) is 0.183. The molecule has 2 heteroatoms. The maximum atomic E-state index is 5.54. The Hall–Kier alpha value is -0.0800. The quantitative estimate of drug-likeness (QED) is 0.627. The van der Waals surface area contributed by atoms with E-state index in [-0.39, 0.29) is 5.54 Å². The Kier molecular flexibility index (Phi) is 2.90. The fraction of sp³-hybridized carbons (Fsp3) is 1.00. The summed E-state index contributed by atoms with van der Waals surface area (Å²) >= 11 is 0. The second kappa shape index (κ2) is 3.55. The molecule has 1 fully saturated rings. The van der Waals surface area contributed by atoms with Crippen molar-refractivity contribution in [2.45, 2.75) is 51.8 Å². The maximum absolute atomic E-state index is 5.54. The van der Waals surface area contributed by atoms with E-state index in [0.29, 0.717) is 6.23 Å². The van der Waals surface area contributed by atoms with Gasteiger partial charge in [-0.3, -0.25) is 5.32 Å². The Labute approximate surface area is 69.3 Å². The van der Waals surface area contributed by atoms with E-state index in [9.17, 15) is 0 Å². The van der Waals surface area contributed by atoms with Gasteiger partial charge in [0.25, 0.3) is 0 Å². The summed E-state index contributed by atoms with van der Waals surface area (Å²) in [6.45, 7) is 7.44. The molecule has 1 saturated heterocycles. The lowest BCUT2D eigenvalue weighted by Crippen LogP contribution is -2.46. The molecule has 1 aliphatic rings. The molecule has 0 aliphatic carbocycles. The largest absolute Gasteiger partial charge is 0.363 e. The molecule has 1 unspecified atom stereocenters. The van der Waals surface area contributed by atoms with Crippen molar-refractivity contribution in [1.82, 2.24) is 5.32 Å². The molecule has 0 aromatic rings. The van der Waals surface area contributed by atoms with Crippen LogP contribution in [0.1, 0.15) is 40.0 Å². The standard InChI is InChI=1S/C9H19NO/c1-9(2,3)10-8-6-4-5-7-11-8/h8,10H,4-7H2,1-3H3.